The Morgan fingerprint density at radius 1 is 1.38 bits per heavy atom. The fourth-order valence-electron chi connectivity index (χ4n) is 3.39. The van der Waals surface area contributed by atoms with Gasteiger partial charge >= 0.3 is 0 Å². The van der Waals surface area contributed by atoms with Crippen LogP contribution in [0.25, 0.3) is 11.2 Å². The third-order valence-electron chi connectivity index (χ3n) is 4.58. The van der Waals surface area contributed by atoms with Crippen molar-refractivity contribution in [1.29, 1.82) is 0 Å². The van der Waals surface area contributed by atoms with E-state index in [0.717, 1.165) is 41.8 Å². The molecule has 7 heteroatoms. The van der Waals surface area contributed by atoms with Crippen LogP contribution in [0.3, 0.4) is 0 Å². The summed E-state index contributed by atoms with van der Waals surface area (Å²) in [5.41, 5.74) is 3.72. The molecule has 0 aromatic carbocycles. The molecule has 0 N–H and O–H groups in total. The van der Waals surface area contributed by atoms with Crippen molar-refractivity contribution < 1.29 is 4.79 Å². The standard InChI is InChI=1S/C17H19N5OS/c1-21-17-16(18-5-6-19-17)15(20-21)13-3-2-7-22(10-13)14(23)9-12-4-8-24-11-12/h4-6,8,11,13H,2-3,7,9-10H2,1H3/t13-/m0/s1. The Kier molecular flexibility index (Phi) is 4.02. The molecule has 0 bridgehead atoms. The summed E-state index contributed by atoms with van der Waals surface area (Å²) in [5, 5.41) is 8.70. The molecule has 124 valence electrons. The van der Waals surface area contributed by atoms with Gasteiger partial charge in [0.2, 0.25) is 5.91 Å². The fourth-order valence-corrected chi connectivity index (χ4v) is 4.05. The highest BCUT2D eigenvalue weighted by Crippen LogP contribution is 2.30. The molecule has 3 aromatic heterocycles. The lowest BCUT2D eigenvalue weighted by Gasteiger charge is -2.32. The number of likely N-dealkylation sites (tertiary alicyclic amines) is 1. The van der Waals surface area contributed by atoms with E-state index in [1.807, 2.05) is 28.8 Å². The normalized spacial score (nSPS) is 18.2. The second kappa shape index (κ2) is 6.32. The largest absolute Gasteiger partial charge is 0.342 e. The maximum absolute atomic E-state index is 12.6. The van der Waals surface area contributed by atoms with Crippen LogP contribution in [-0.2, 0) is 18.3 Å². The molecule has 0 radical (unpaired) electrons. The SMILES string of the molecule is Cn1nc([C@H]2CCCN(C(=O)Cc3ccsc3)C2)c2nccnc21. The van der Waals surface area contributed by atoms with Gasteiger partial charge in [0.25, 0.3) is 0 Å². The van der Waals surface area contributed by atoms with Crippen molar-refractivity contribution in [1.82, 2.24) is 24.6 Å². The van der Waals surface area contributed by atoms with Crippen LogP contribution in [0.5, 0.6) is 0 Å². The molecule has 6 nitrogen and oxygen atoms in total. The monoisotopic (exact) mass is 341 g/mol. The van der Waals surface area contributed by atoms with Gasteiger partial charge in [0, 0.05) is 38.4 Å². The van der Waals surface area contributed by atoms with Crippen LogP contribution in [0.1, 0.15) is 30.0 Å². The van der Waals surface area contributed by atoms with Crippen LogP contribution in [0.2, 0.25) is 0 Å². The minimum atomic E-state index is 0.199. The van der Waals surface area contributed by atoms with Gasteiger partial charge in [-0.1, -0.05) is 0 Å². The van der Waals surface area contributed by atoms with Crippen molar-refractivity contribution in [2.24, 2.45) is 7.05 Å². The highest BCUT2D eigenvalue weighted by molar-refractivity contribution is 7.08. The average molecular weight is 341 g/mol. The second-order valence-electron chi connectivity index (χ2n) is 6.22. The third-order valence-corrected chi connectivity index (χ3v) is 5.31. The lowest BCUT2D eigenvalue weighted by atomic mass is 9.94. The molecular weight excluding hydrogens is 322 g/mol. The summed E-state index contributed by atoms with van der Waals surface area (Å²) in [7, 11) is 1.89. The molecular formula is C17H19N5OS. The van der Waals surface area contributed by atoms with Crippen molar-refractivity contribution in [3.63, 3.8) is 0 Å². The van der Waals surface area contributed by atoms with Crippen molar-refractivity contribution >= 4 is 28.4 Å². The van der Waals surface area contributed by atoms with E-state index in [-0.39, 0.29) is 11.8 Å². The van der Waals surface area contributed by atoms with Gasteiger partial charge in [0.15, 0.2) is 5.65 Å². The number of piperidine rings is 1. The highest BCUT2D eigenvalue weighted by atomic mass is 32.1. The Balaban J connectivity index is 1.55. The third kappa shape index (κ3) is 2.80. The van der Waals surface area contributed by atoms with E-state index in [1.54, 1.807) is 28.4 Å². The average Bonchev–Trinajstić information content (AvgIpc) is 3.23. The molecule has 0 unspecified atom stereocenters. The Morgan fingerprint density at radius 3 is 3.08 bits per heavy atom. The molecule has 0 spiro atoms. The maximum atomic E-state index is 12.6. The van der Waals surface area contributed by atoms with E-state index < -0.39 is 0 Å². The predicted molar refractivity (Wildman–Crippen MR) is 92.9 cm³/mol. The molecule has 4 heterocycles. The van der Waals surface area contributed by atoms with Gasteiger partial charge in [-0.15, -0.1) is 0 Å². The molecule has 1 amide bonds. The number of aromatic nitrogens is 4. The number of hydrogen-bond donors (Lipinski definition) is 0. The minimum absolute atomic E-state index is 0.199. The zero-order valence-corrected chi connectivity index (χ0v) is 14.4. The van der Waals surface area contributed by atoms with Gasteiger partial charge in [-0.25, -0.2) is 14.6 Å². The molecule has 1 saturated heterocycles. The van der Waals surface area contributed by atoms with Crippen molar-refractivity contribution in [2.45, 2.75) is 25.2 Å². The molecule has 1 fully saturated rings. The lowest BCUT2D eigenvalue weighted by molar-refractivity contribution is -0.131. The van der Waals surface area contributed by atoms with Gasteiger partial charge in [0.05, 0.1) is 12.1 Å². The first-order chi connectivity index (χ1) is 11.7. The topological polar surface area (TPSA) is 63.9 Å². The molecule has 1 atom stereocenters. The summed E-state index contributed by atoms with van der Waals surface area (Å²) in [5.74, 6) is 0.426. The first-order valence-corrected chi connectivity index (χ1v) is 9.09. The number of carbonyl (C=O) groups is 1. The number of fused-ring (bicyclic) bond motifs is 1. The van der Waals surface area contributed by atoms with Crippen LogP contribution < -0.4 is 0 Å². The smallest absolute Gasteiger partial charge is 0.227 e. The molecule has 0 saturated carbocycles. The van der Waals surface area contributed by atoms with Crippen LogP contribution in [-0.4, -0.2) is 43.6 Å². The fraction of sp³-hybridized carbons (Fsp3) is 0.412. The van der Waals surface area contributed by atoms with E-state index in [0.29, 0.717) is 13.0 Å². The van der Waals surface area contributed by atoms with E-state index in [2.05, 4.69) is 15.1 Å². The summed E-state index contributed by atoms with van der Waals surface area (Å²) in [6.07, 6.45) is 5.91. The molecule has 24 heavy (non-hydrogen) atoms. The van der Waals surface area contributed by atoms with E-state index >= 15 is 0 Å². The van der Waals surface area contributed by atoms with Crippen LogP contribution in [0.4, 0.5) is 0 Å². The highest BCUT2D eigenvalue weighted by Gasteiger charge is 2.28. The second-order valence-corrected chi connectivity index (χ2v) is 7.00. The Labute approximate surface area is 144 Å². The molecule has 0 aliphatic carbocycles. The van der Waals surface area contributed by atoms with Gasteiger partial charge in [-0.05, 0) is 35.2 Å². The van der Waals surface area contributed by atoms with Crippen LogP contribution >= 0.6 is 11.3 Å². The quantitative estimate of drug-likeness (QED) is 0.734. The number of amides is 1. The zero-order valence-electron chi connectivity index (χ0n) is 13.6. The molecule has 1 aliphatic rings. The number of aryl methyl sites for hydroxylation is 1. The number of thiophene rings is 1. The number of rotatable bonds is 3. The van der Waals surface area contributed by atoms with Crippen LogP contribution in [0.15, 0.2) is 29.2 Å². The summed E-state index contributed by atoms with van der Waals surface area (Å²) in [6, 6.07) is 2.02. The summed E-state index contributed by atoms with van der Waals surface area (Å²) in [6.45, 7) is 1.54. The predicted octanol–water partition coefficient (Wildman–Crippen LogP) is 2.37. The van der Waals surface area contributed by atoms with Crippen molar-refractivity contribution in [2.75, 3.05) is 13.1 Å². The summed E-state index contributed by atoms with van der Waals surface area (Å²) < 4.78 is 1.78. The summed E-state index contributed by atoms with van der Waals surface area (Å²) >= 11 is 1.63. The first-order valence-electron chi connectivity index (χ1n) is 8.15. The summed E-state index contributed by atoms with van der Waals surface area (Å²) in [4.78, 5) is 23.4. The minimum Gasteiger partial charge on any atom is -0.342 e. The van der Waals surface area contributed by atoms with Gasteiger partial charge in [0.1, 0.15) is 5.52 Å². The Bertz CT molecular complexity index is 857. The van der Waals surface area contributed by atoms with Crippen LogP contribution in [0, 0.1) is 0 Å². The van der Waals surface area contributed by atoms with E-state index in [9.17, 15) is 4.79 Å². The Morgan fingerprint density at radius 2 is 2.25 bits per heavy atom. The number of nitrogens with zero attached hydrogens (tertiary/aromatic N) is 5. The molecule has 3 aromatic rings. The lowest BCUT2D eigenvalue weighted by Crippen LogP contribution is -2.40. The molecule has 1 aliphatic heterocycles. The Hall–Kier alpha value is -2.28. The van der Waals surface area contributed by atoms with Gasteiger partial charge in [-0.3, -0.25) is 4.79 Å². The van der Waals surface area contributed by atoms with Gasteiger partial charge in [-0.2, -0.15) is 16.4 Å². The molecule has 4 rings (SSSR count). The van der Waals surface area contributed by atoms with Crippen molar-refractivity contribution in [3.05, 3.63) is 40.5 Å². The van der Waals surface area contributed by atoms with Gasteiger partial charge < -0.3 is 4.90 Å². The number of carbonyl (C=O) groups excluding carboxylic acids is 1. The van der Waals surface area contributed by atoms with E-state index in [4.69, 9.17) is 0 Å². The number of hydrogen-bond acceptors (Lipinski definition) is 5. The maximum Gasteiger partial charge on any atom is 0.227 e. The van der Waals surface area contributed by atoms with Crippen molar-refractivity contribution in [3.8, 4) is 0 Å². The zero-order chi connectivity index (χ0) is 16.5. The first kappa shape index (κ1) is 15.3. The van der Waals surface area contributed by atoms with E-state index in [1.165, 1.54) is 0 Å².